The van der Waals surface area contributed by atoms with Crippen molar-refractivity contribution in [2.24, 2.45) is 5.10 Å². The Bertz CT molecular complexity index is 960. The molecule has 0 aliphatic rings. The number of benzene rings is 2. The maximum absolute atomic E-state index is 12.1. The fourth-order valence-corrected chi connectivity index (χ4v) is 2.46. The molecule has 0 bridgehead atoms. The maximum atomic E-state index is 12.1. The van der Waals surface area contributed by atoms with Gasteiger partial charge in [-0.3, -0.25) is 14.4 Å². The highest BCUT2D eigenvalue weighted by atomic mass is 35.5. The van der Waals surface area contributed by atoms with Crippen LogP contribution in [0.2, 0.25) is 5.02 Å². The third-order valence-electron chi connectivity index (χ3n) is 3.71. The zero-order valence-corrected chi connectivity index (χ0v) is 17.6. The Morgan fingerprint density at radius 1 is 1.13 bits per heavy atom. The smallest absolute Gasteiger partial charge is 0.329 e. The van der Waals surface area contributed by atoms with Crippen LogP contribution in [0.15, 0.2) is 47.6 Å². The second kappa shape index (κ2) is 11.0. The van der Waals surface area contributed by atoms with Crippen molar-refractivity contribution < 1.29 is 19.1 Å². The van der Waals surface area contributed by atoms with Gasteiger partial charge in [-0.2, -0.15) is 5.10 Å². The first-order chi connectivity index (χ1) is 14.2. The van der Waals surface area contributed by atoms with E-state index in [2.05, 4.69) is 21.2 Å². The van der Waals surface area contributed by atoms with Gasteiger partial charge in [0.15, 0.2) is 6.61 Å². The van der Waals surface area contributed by atoms with Crippen molar-refractivity contribution in [2.75, 3.05) is 11.9 Å². The van der Waals surface area contributed by atoms with E-state index in [4.69, 9.17) is 16.3 Å². The summed E-state index contributed by atoms with van der Waals surface area (Å²) in [5, 5.41) is 9.48. The SMILES string of the molecule is Cc1ccc(Cl)cc1NC(=O)COc1cccc(/C=N\NC(=O)C(=O)NC(C)C)c1. The molecule has 0 fully saturated rings. The summed E-state index contributed by atoms with van der Waals surface area (Å²) < 4.78 is 5.50. The summed E-state index contributed by atoms with van der Waals surface area (Å²) in [6, 6.07) is 11.8. The van der Waals surface area contributed by atoms with Crippen molar-refractivity contribution in [2.45, 2.75) is 26.8 Å². The van der Waals surface area contributed by atoms with Crippen LogP contribution in [0.25, 0.3) is 0 Å². The number of amides is 3. The minimum atomic E-state index is -0.861. The van der Waals surface area contributed by atoms with Crippen LogP contribution in [0.1, 0.15) is 25.0 Å². The molecule has 9 heteroatoms. The van der Waals surface area contributed by atoms with Gasteiger partial charge in [0.2, 0.25) is 0 Å². The van der Waals surface area contributed by atoms with E-state index in [1.807, 2.05) is 13.0 Å². The molecule has 0 aromatic heterocycles. The zero-order valence-electron chi connectivity index (χ0n) is 16.9. The van der Waals surface area contributed by atoms with E-state index in [0.717, 1.165) is 5.56 Å². The Kier molecular flexibility index (Phi) is 8.37. The predicted molar refractivity (Wildman–Crippen MR) is 116 cm³/mol. The third-order valence-corrected chi connectivity index (χ3v) is 3.94. The highest BCUT2D eigenvalue weighted by molar-refractivity contribution is 6.35. The quantitative estimate of drug-likeness (QED) is 0.356. The molecule has 2 aromatic carbocycles. The topological polar surface area (TPSA) is 109 Å². The number of halogens is 1. The predicted octanol–water partition coefficient (Wildman–Crippen LogP) is 2.64. The highest BCUT2D eigenvalue weighted by Crippen LogP contribution is 2.20. The molecule has 3 N–H and O–H groups in total. The van der Waals surface area contributed by atoms with Gasteiger partial charge in [0, 0.05) is 16.8 Å². The monoisotopic (exact) mass is 430 g/mol. The van der Waals surface area contributed by atoms with Gasteiger partial charge in [-0.25, -0.2) is 5.43 Å². The van der Waals surface area contributed by atoms with Crippen LogP contribution in [-0.4, -0.2) is 36.6 Å². The molecule has 3 amide bonds. The molecule has 158 valence electrons. The summed E-state index contributed by atoms with van der Waals surface area (Å²) in [5.41, 5.74) is 4.26. The molecule has 0 aliphatic heterocycles. The van der Waals surface area contributed by atoms with Crippen LogP contribution in [0.3, 0.4) is 0 Å². The molecule has 2 aromatic rings. The summed E-state index contributed by atoms with van der Waals surface area (Å²) >= 11 is 5.95. The number of hydrazone groups is 1. The zero-order chi connectivity index (χ0) is 22.1. The van der Waals surface area contributed by atoms with Gasteiger partial charge in [-0.1, -0.05) is 29.8 Å². The van der Waals surface area contributed by atoms with Gasteiger partial charge in [0.25, 0.3) is 5.91 Å². The van der Waals surface area contributed by atoms with Gasteiger partial charge >= 0.3 is 11.8 Å². The molecule has 0 saturated carbocycles. The van der Waals surface area contributed by atoms with E-state index >= 15 is 0 Å². The van der Waals surface area contributed by atoms with Crippen molar-refractivity contribution in [1.29, 1.82) is 0 Å². The van der Waals surface area contributed by atoms with E-state index in [-0.39, 0.29) is 18.6 Å². The van der Waals surface area contributed by atoms with E-state index in [0.29, 0.717) is 22.0 Å². The molecule has 0 saturated heterocycles. The molecule has 8 nitrogen and oxygen atoms in total. The maximum Gasteiger partial charge on any atom is 0.329 e. The fourth-order valence-electron chi connectivity index (χ4n) is 2.29. The molecule has 0 radical (unpaired) electrons. The number of rotatable bonds is 7. The average Bonchev–Trinajstić information content (AvgIpc) is 2.69. The largest absolute Gasteiger partial charge is 0.484 e. The Balaban J connectivity index is 1.87. The molecule has 0 atom stereocenters. The molecule has 30 heavy (non-hydrogen) atoms. The lowest BCUT2D eigenvalue weighted by atomic mass is 10.2. The summed E-state index contributed by atoms with van der Waals surface area (Å²) in [7, 11) is 0. The fraction of sp³-hybridized carbons (Fsp3) is 0.238. The number of carbonyl (C=O) groups excluding carboxylic acids is 3. The second-order valence-electron chi connectivity index (χ2n) is 6.70. The lowest BCUT2D eigenvalue weighted by Crippen LogP contribution is -2.41. The normalized spacial score (nSPS) is 10.7. The van der Waals surface area contributed by atoms with Crippen LogP contribution >= 0.6 is 11.6 Å². The average molecular weight is 431 g/mol. The number of hydrogen-bond acceptors (Lipinski definition) is 5. The van der Waals surface area contributed by atoms with E-state index in [1.54, 1.807) is 50.2 Å². The first-order valence-corrected chi connectivity index (χ1v) is 9.55. The number of aryl methyl sites for hydroxylation is 1. The van der Waals surface area contributed by atoms with Crippen molar-refractivity contribution >= 4 is 41.2 Å². The van der Waals surface area contributed by atoms with Crippen LogP contribution in [-0.2, 0) is 14.4 Å². The van der Waals surface area contributed by atoms with Gasteiger partial charge in [-0.05, 0) is 56.2 Å². The van der Waals surface area contributed by atoms with E-state index < -0.39 is 11.8 Å². The molecule has 0 spiro atoms. The lowest BCUT2D eigenvalue weighted by Gasteiger charge is -2.10. The molecule has 0 heterocycles. The molecule has 0 aliphatic carbocycles. The second-order valence-corrected chi connectivity index (χ2v) is 7.13. The Labute approximate surface area is 179 Å². The standard InChI is InChI=1S/C21H23ClN4O4/c1-13(2)24-20(28)21(29)26-23-11-15-5-4-6-17(9-15)30-12-19(27)25-18-10-16(22)8-7-14(18)3/h4-11,13H,12H2,1-3H3,(H,24,28)(H,25,27)(H,26,29)/b23-11-. The van der Waals surface area contributed by atoms with Crippen LogP contribution in [0.5, 0.6) is 5.75 Å². The number of carbonyl (C=O) groups is 3. The van der Waals surface area contributed by atoms with Gasteiger partial charge < -0.3 is 15.4 Å². The van der Waals surface area contributed by atoms with Crippen molar-refractivity contribution in [3.05, 3.63) is 58.6 Å². The number of ether oxygens (including phenoxy) is 1. The molecular weight excluding hydrogens is 408 g/mol. The van der Waals surface area contributed by atoms with Crippen LogP contribution in [0.4, 0.5) is 5.69 Å². The van der Waals surface area contributed by atoms with Gasteiger partial charge in [0.05, 0.1) is 6.21 Å². The van der Waals surface area contributed by atoms with E-state index in [1.165, 1.54) is 6.21 Å². The number of anilines is 1. The lowest BCUT2D eigenvalue weighted by molar-refractivity contribution is -0.139. The van der Waals surface area contributed by atoms with Crippen LogP contribution < -0.4 is 20.8 Å². The van der Waals surface area contributed by atoms with Crippen molar-refractivity contribution in [3.8, 4) is 5.75 Å². The first kappa shape index (κ1) is 22.9. The molecule has 0 unspecified atom stereocenters. The summed E-state index contributed by atoms with van der Waals surface area (Å²) in [6.07, 6.45) is 1.36. The van der Waals surface area contributed by atoms with Crippen molar-refractivity contribution in [3.63, 3.8) is 0 Å². The highest BCUT2D eigenvalue weighted by Gasteiger charge is 2.13. The summed E-state index contributed by atoms with van der Waals surface area (Å²) in [6.45, 7) is 5.16. The number of nitrogens with zero attached hydrogens (tertiary/aromatic N) is 1. The molecular formula is C21H23ClN4O4. The Hall–Kier alpha value is -3.39. The van der Waals surface area contributed by atoms with Gasteiger partial charge in [-0.15, -0.1) is 0 Å². The third kappa shape index (κ3) is 7.56. The van der Waals surface area contributed by atoms with Crippen LogP contribution in [0, 0.1) is 6.92 Å². The summed E-state index contributed by atoms with van der Waals surface area (Å²) in [4.78, 5) is 35.2. The van der Waals surface area contributed by atoms with E-state index in [9.17, 15) is 14.4 Å². The van der Waals surface area contributed by atoms with Gasteiger partial charge in [0.1, 0.15) is 5.75 Å². The Morgan fingerprint density at radius 3 is 2.63 bits per heavy atom. The van der Waals surface area contributed by atoms with Crippen molar-refractivity contribution in [1.82, 2.24) is 10.7 Å². The number of hydrogen-bond donors (Lipinski definition) is 3. The first-order valence-electron chi connectivity index (χ1n) is 9.17. The summed E-state index contributed by atoms with van der Waals surface area (Å²) in [5.74, 6) is -1.51. The number of nitrogens with one attached hydrogen (secondary N) is 3. The molecule has 2 rings (SSSR count). The minimum absolute atomic E-state index is 0.152. The Morgan fingerprint density at radius 2 is 1.90 bits per heavy atom. The minimum Gasteiger partial charge on any atom is -0.484 e.